The van der Waals surface area contributed by atoms with Crippen LogP contribution in [0.2, 0.25) is 0 Å². The molecule has 98 valence electrons. The van der Waals surface area contributed by atoms with Crippen molar-refractivity contribution < 1.29 is 13.6 Å². The van der Waals surface area contributed by atoms with E-state index in [2.05, 4.69) is 6.92 Å². The van der Waals surface area contributed by atoms with Gasteiger partial charge in [-0.1, -0.05) is 6.92 Å². The Morgan fingerprint density at radius 1 is 1.41 bits per heavy atom. The van der Waals surface area contributed by atoms with Gasteiger partial charge in [-0.2, -0.15) is 0 Å². The van der Waals surface area contributed by atoms with Crippen LogP contribution in [0, 0.1) is 5.41 Å². The number of hydrogen-bond acceptors (Lipinski definition) is 1. The number of halogens is 2. The lowest BCUT2D eigenvalue weighted by Crippen LogP contribution is -2.35. The summed E-state index contributed by atoms with van der Waals surface area (Å²) >= 11 is 0. The summed E-state index contributed by atoms with van der Waals surface area (Å²) in [6.45, 7) is 3.55. The maximum absolute atomic E-state index is 13.1. The molecule has 2 nitrogen and oxygen atoms in total. The Balaban J connectivity index is 1.76. The summed E-state index contributed by atoms with van der Waals surface area (Å²) in [7, 11) is 0. The quantitative estimate of drug-likeness (QED) is 0.744. The summed E-state index contributed by atoms with van der Waals surface area (Å²) in [4.78, 5) is 13.2. The molecule has 1 aliphatic heterocycles. The van der Waals surface area contributed by atoms with Gasteiger partial charge in [0.05, 0.1) is 6.54 Å². The minimum atomic E-state index is -2.68. The van der Waals surface area contributed by atoms with Gasteiger partial charge in [-0.15, -0.1) is 0 Å². The molecule has 2 aliphatic rings. The van der Waals surface area contributed by atoms with Crippen molar-refractivity contribution in [1.82, 2.24) is 4.90 Å². The topological polar surface area (TPSA) is 20.3 Å². The van der Waals surface area contributed by atoms with Crippen LogP contribution in [0.1, 0.15) is 52.4 Å². The molecular weight excluding hydrogens is 224 g/mol. The maximum Gasteiger partial charge on any atom is 0.267 e. The van der Waals surface area contributed by atoms with Crippen molar-refractivity contribution in [2.24, 2.45) is 5.41 Å². The highest BCUT2D eigenvalue weighted by atomic mass is 19.3. The Hall–Kier alpha value is -0.670. The Morgan fingerprint density at radius 2 is 2.06 bits per heavy atom. The molecule has 2 rings (SSSR count). The number of alkyl halides is 2. The predicted molar refractivity (Wildman–Crippen MR) is 61.9 cm³/mol. The van der Waals surface area contributed by atoms with E-state index in [0.717, 1.165) is 12.8 Å². The second-order valence-corrected chi connectivity index (χ2v) is 6.09. The van der Waals surface area contributed by atoms with Crippen molar-refractivity contribution in [2.45, 2.75) is 64.3 Å². The molecule has 0 bridgehead atoms. The fourth-order valence-corrected chi connectivity index (χ4v) is 2.62. The molecule has 1 atom stereocenters. The van der Waals surface area contributed by atoms with E-state index < -0.39 is 5.92 Å². The van der Waals surface area contributed by atoms with E-state index in [4.69, 9.17) is 0 Å². The Morgan fingerprint density at radius 3 is 2.53 bits per heavy atom. The van der Waals surface area contributed by atoms with Crippen LogP contribution in [0.4, 0.5) is 8.78 Å². The molecule has 0 radical (unpaired) electrons. The van der Waals surface area contributed by atoms with Crippen molar-refractivity contribution in [1.29, 1.82) is 0 Å². The highest BCUT2D eigenvalue weighted by molar-refractivity contribution is 5.77. The monoisotopic (exact) mass is 245 g/mol. The lowest BCUT2D eigenvalue weighted by Gasteiger charge is -2.21. The van der Waals surface area contributed by atoms with Gasteiger partial charge in [0.25, 0.3) is 5.92 Å². The first-order valence-electron chi connectivity index (χ1n) is 6.49. The summed E-state index contributed by atoms with van der Waals surface area (Å²) in [5.41, 5.74) is 0.445. The van der Waals surface area contributed by atoms with Gasteiger partial charge in [-0.05, 0) is 38.0 Å². The summed E-state index contributed by atoms with van der Waals surface area (Å²) in [5, 5.41) is 0. The maximum atomic E-state index is 13.1. The van der Waals surface area contributed by atoms with E-state index >= 15 is 0 Å². The normalized spacial score (nSPS) is 29.4. The number of nitrogens with zero attached hydrogens (tertiary/aromatic N) is 1. The SMILES string of the molecule is CC1CC(F)(F)CN1C(=O)CCCC1(C)CC1. The van der Waals surface area contributed by atoms with E-state index in [1.165, 1.54) is 17.7 Å². The molecule has 0 aromatic rings. The summed E-state index contributed by atoms with van der Waals surface area (Å²) < 4.78 is 26.3. The van der Waals surface area contributed by atoms with Gasteiger partial charge in [0, 0.05) is 18.9 Å². The third-order valence-electron chi connectivity index (χ3n) is 4.12. The van der Waals surface area contributed by atoms with E-state index in [0.29, 0.717) is 11.8 Å². The van der Waals surface area contributed by atoms with Gasteiger partial charge in [-0.3, -0.25) is 4.79 Å². The molecule has 0 N–H and O–H groups in total. The van der Waals surface area contributed by atoms with Gasteiger partial charge in [0.1, 0.15) is 0 Å². The second-order valence-electron chi connectivity index (χ2n) is 6.09. The molecule has 1 saturated carbocycles. The number of hydrogen-bond donors (Lipinski definition) is 0. The molecule has 1 unspecified atom stereocenters. The standard InChI is InChI=1S/C13H21F2NO/c1-10-8-13(14,15)9-16(10)11(17)4-3-5-12(2)6-7-12/h10H,3-9H2,1-2H3. The fraction of sp³-hybridized carbons (Fsp3) is 0.923. The number of likely N-dealkylation sites (tertiary alicyclic amines) is 1. The van der Waals surface area contributed by atoms with E-state index in [1.54, 1.807) is 6.92 Å². The molecule has 1 saturated heterocycles. The highest BCUT2D eigenvalue weighted by Gasteiger charge is 2.44. The number of carbonyl (C=O) groups is 1. The lowest BCUT2D eigenvalue weighted by atomic mass is 10.0. The lowest BCUT2D eigenvalue weighted by molar-refractivity contribution is -0.133. The van der Waals surface area contributed by atoms with Crippen molar-refractivity contribution in [2.75, 3.05) is 6.54 Å². The number of carbonyl (C=O) groups excluding carboxylic acids is 1. The smallest absolute Gasteiger partial charge is 0.267 e. The highest BCUT2D eigenvalue weighted by Crippen LogP contribution is 2.49. The minimum Gasteiger partial charge on any atom is -0.334 e. The van der Waals surface area contributed by atoms with Gasteiger partial charge >= 0.3 is 0 Å². The predicted octanol–water partition coefficient (Wildman–Crippen LogP) is 3.21. The molecular formula is C13H21F2NO. The fourth-order valence-electron chi connectivity index (χ4n) is 2.62. The molecule has 0 aromatic heterocycles. The van der Waals surface area contributed by atoms with Crippen LogP contribution >= 0.6 is 0 Å². The number of amides is 1. The minimum absolute atomic E-state index is 0.0982. The Bertz CT molecular complexity index is 313. The van der Waals surface area contributed by atoms with E-state index in [9.17, 15) is 13.6 Å². The van der Waals surface area contributed by atoms with E-state index in [1.807, 2.05) is 0 Å². The zero-order valence-corrected chi connectivity index (χ0v) is 10.6. The van der Waals surface area contributed by atoms with Crippen LogP contribution in [-0.2, 0) is 4.79 Å². The molecule has 0 spiro atoms. The summed E-state index contributed by atoms with van der Waals surface area (Å²) in [6, 6.07) is -0.311. The van der Waals surface area contributed by atoms with Crippen LogP contribution in [0.3, 0.4) is 0 Å². The molecule has 0 aromatic carbocycles. The van der Waals surface area contributed by atoms with Gasteiger partial charge in [0.2, 0.25) is 5.91 Å². The molecule has 1 heterocycles. The van der Waals surface area contributed by atoms with Crippen LogP contribution in [0.15, 0.2) is 0 Å². The van der Waals surface area contributed by atoms with E-state index in [-0.39, 0.29) is 24.9 Å². The van der Waals surface area contributed by atoms with Crippen molar-refractivity contribution in [3.63, 3.8) is 0 Å². The Kier molecular flexibility index (Phi) is 3.17. The van der Waals surface area contributed by atoms with Crippen molar-refractivity contribution in [3.05, 3.63) is 0 Å². The average molecular weight is 245 g/mol. The second kappa shape index (κ2) is 4.21. The zero-order valence-electron chi connectivity index (χ0n) is 10.6. The third kappa shape index (κ3) is 3.17. The largest absolute Gasteiger partial charge is 0.334 e. The van der Waals surface area contributed by atoms with Crippen molar-refractivity contribution >= 4 is 5.91 Å². The first kappa shape index (κ1) is 12.8. The van der Waals surface area contributed by atoms with Crippen LogP contribution in [0.5, 0.6) is 0 Å². The molecule has 2 fully saturated rings. The van der Waals surface area contributed by atoms with Crippen LogP contribution in [-0.4, -0.2) is 29.3 Å². The third-order valence-corrected chi connectivity index (χ3v) is 4.12. The van der Waals surface area contributed by atoms with Gasteiger partial charge in [0.15, 0.2) is 0 Å². The molecule has 17 heavy (non-hydrogen) atoms. The molecule has 1 aliphatic carbocycles. The Labute approximate surface area is 101 Å². The summed E-state index contributed by atoms with van der Waals surface area (Å²) in [6.07, 6.45) is 4.63. The summed E-state index contributed by atoms with van der Waals surface area (Å²) in [5.74, 6) is -2.78. The van der Waals surface area contributed by atoms with Gasteiger partial charge < -0.3 is 4.90 Å². The average Bonchev–Trinajstić information content (AvgIpc) is 2.84. The van der Waals surface area contributed by atoms with Crippen molar-refractivity contribution in [3.8, 4) is 0 Å². The van der Waals surface area contributed by atoms with Crippen LogP contribution < -0.4 is 0 Å². The first-order chi connectivity index (χ1) is 7.81. The first-order valence-corrected chi connectivity index (χ1v) is 6.49. The number of rotatable bonds is 4. The molecule has 1 amide bonds. The van der Waals surface area contributed by atoms with Gasteiger partial charge in [-0.25, -0.2) is 8.78 Å². The molecule has 4 heteroatoms. The van der Waals surface area contributed by atoms with Crippen LogP contribution in [0.25, 0.3) is 0 Å². The zero-order chi connectivity index (χ0) is 12.7.